The summed E-state index contributed by atoms with van der Waals surface area (Å²) in [7, 11) is 0. The Kier molecular flexibility index (Phi) is 5.63. The van der Waals surface area contributed by atoms with Crippen LogP contribution in [0.3, 0.4) is 0 Å². The summed E-state index contributed by atoms with van der Waals surface area (Å²) in [6, 6.07) is -0.331. The number of hydrogen-bond acceptors (Lipinski definition) is 2. The SMILES string of the molecule is CCCCN1C(=O)C(C(C)CC)NC(=O)CC1C. The first kappa shape index (κ1) is 15.0. The Morgan fingerprint density at radius 2 is 2.06 bits per heavy atom. The van der Waals surface area contributed by atoms with Gasteiger partial charge in [-0.15, -0.1) is 0 Å². The molecule has 0 aromatic heterocycles. The fourth-order valence-corrected chi connectivity index (χ4v) is 2.35. The monoisotopic (exact) mass is 254 g/mol. The van der Waals surface area contributed by atoms with Gasteiger partial charge in [0.05, 0.1) is 0 Å². The highest BCUT2D eigenvalue weighted by Crippen LogP contribution is 2.18. The molecule has 1 aliphatic rings. The minimum Gasteiger partial charge on any atom is -0.344 e. The van der Waals surface area contributed by atoms with Gasteiger partial charge in [-0.3, -0.25) is 9.59 Å². The molecule has 4 heteroatoms. The van der Waals surface area contributed by atoms with Crippen molar-refractivity contribution >= 4 is 11.8 Å². The van der Waals surface area contributed by atoms with E-state index in [2.05, 4.69) is 19.2 Å². The topological polar surface area (TPSA) is 49.4 Å². The van der Waals surface area contributed by atoms with Crippen LogP contribution in [0.2, 0.25) is 0 Å². The molecule has 3 atom stereocenters. The van der Waals surface area contributed by atoms with E-state index in [9.17, 15) is 9.59 Å². The molecule has 1 rings (SSSR count). The van der Waals surface area contributed by atoms with E-state index in [1.807, 2.05) is 18.7 Å². The van der Waals surface area contributed by atoms with Crippen LogP contribution in [-0.2, 0) is 9.59 Å². The smallest absolute Gasteiger partial charge is 0.245 e. The van der Waals surface area contributed by atoms with Crippen molar-refractivity contribution in [3.63, 3.8) is 0 Å². The molecule has 0 aromatic rings. The number of amides is 2. The van der Waals surface area contributed by atoms with Crippen molar-refractivity contribution in [1.82, 2.24) is 10.2 Å². The molecule has 1 N–H and O–H groups in total. The standard InChI is InChI=1S/C14H26N2O2/c1-5-7-8-16-11(4)9-12(17)15-13(14(16)18)10(3)6-2/h10-11,13H,5-9H2,1-4H3,(H,15,17). The molecular formula is C14H26N2O2. The van der Waals surface area contributed by atoms with E-state index >= 15 is 0 Å². The molecule has 1 aliphatic heterocycles. The normalized spacial score (nSPS) is 26.8. The lowest BCUT2D eigenvalue weighted by Gasteiger charge is -2.30. The number of unbranched alkanes of at least 4 members (excludes halogenated alkanes) is 1. The Morgan fingerprint density at radius 1 is 1.39 bits per heavy atom. The summed E-state index contributed by atoms with van der Waals surface area (Å²) in [5.41, 5.74) is 0. The summed E-state index contributed by atoms with van der Waals surface area (Å²) in [4.78, 5) is 26.2. The summed E-state index contributed by atoms with van der Waals surface area (Å²) in [5.74, 6) is 0.284. The van der Waals surface area contributed by atoms with Gasteiger partial charge < -0.3 is 10.2 Å². The number of nitrogens with one attached hydrogen (secondary N) is 1. The molecule has 0 aromatic carbocycles. The van der Waals surface area contributed by atoms with Gasteiger partial charge >= 0.3 is 0 Å². The first-order valence-electron chi connectivity index (χ1n) is 7.11. The fourth-order valence-electron chi connectivity index (χ4n) is 2.35. The van der Waals surface area contributed by atoms with E-state index in [4.69, 9.17) is 0 Å². The van der Waals surface area contributed by atoms with Crippen LogP contribution < -0.4 is 5.32 Å². The summed E-state index contributed by atoms with van der Waals surface area (Å²) >= 11 is 0. The molecule has 0 spiro atoms. The Balaban J connectivity index is 2.87. The van der Waals surface area contributed by atoms with Gasteiger partial charge in [0, 0.05) is 19.0 Å². The summed E-state index contributed by atoms with van der Waals surface area (Å²) in [6.07, 6.45) is 3.37. The molecule has 1 fully saturated rings. The molecule has 2 amide bonds. The van der Waals surface area contributed by atoms with Gasteiger partial charge in [-0.1, -0.05) is 33.6 Å². The van der Waals surface area contributed by atoms with Crippen LogP contribution in [-0.4, -0.2) is 35.3 Å². The lowest BCUT2D eigenvalue weighted by Crippen LogP contribution is -2.49. The molecule has 0 radical (unpaired) electrons. The third-order valence-corrected chi connectivity index (χ3v) is 3.84. The van der Waals surface area contributed by atoms with Crippen molar-refractivity contribution in [2.75, 3.05) is 6.54 Å². The van der Waals surface area contributed by atoms with Crippen LogP contribution in [0.5, 0.6) is 0 Å². The van der Waals surface area contributed by atoms with E-state index in [0.29, 0.717) is 6.42 Å². The second kappa shape index (κ2) is 6.76. The second-order valence-corrected chi connectivity index (χ2v) is 5.37. The molecule has 3 unspecified atom stereocenters. The van der Waals surface area contributed by atoms with Gasteiger partial charge in [0.2, 0.25) is 11.8 Å². The van der Waals surface area contributed by atoms with E-state index in [1.54, 1.807) is 0 Å². The lowest BCUT2D eigenvalue weighted by molar-refractivity contribution is -0.136. The van der Waals surface area contributed by atoms with Crippen molar-refractivity contribution in [1.29, 1.82) is 0 Å². The Hall–Kier alpha value is -1.06. The zero-order valence-electron chi connectivity index (χ0n) is 12.0. The van der Waals surface area contributed by atoms with Crippen LogP contribution in [0.1, 0.15) is 53.4 Å². The highest BCUT2D eigenvalue weighted by molar-refractivity contribution is 5.90. The van der Waals surface area contributed by atoms with Crippen LogP contribution in [0, 0.1) is 5.92 Å². The predicted molar refractivity (Wildman–Crippen MR) is 72.1 cm³/mol. The van der Waals surface area contributed by atoms with E-state index in [1.165, 1.54) is 0 Å². The van der Waals surface area contributed by atoms with E-state index in [0.717, 1.165) is 25.8 Å². The zero-order chi connectivity index (χ0) is 13.7. The molecule has 0 aliphatic carbocycles. The van der Waals surface area contributed by atoms with E-state index < -0.39 is 0 Å². The first-order valence-corrected chi connectivity index (χ1v) is 7.11. The average Bonchev–Trinajstić information content (AvgIpc) is 2.44. The van der Waals surface area contributed by atoms with Gasteiger partial charge in [-0.05, 0) is 19.3 Å². The summed E-state index contributed by atoms with van der Waals surface area (Å²) in [6.45, 7) is 8.92. The van der Waals surface area contributed by atoms with Gasteiger partial charge in [-0.25, -0.2) is 0 Å². The minimum absolute atomic E-state index is 0.000137. The average molecular weight is 254 g/mol. The minimum atomic E-state index is -0.343. The third-order valence-electron chi connectivity index (χ3n) is 3.84. The lowest BCUT2D eigenvalue weighted by atomic mass is 9.98. The highest BCUT2D eigenvalue weighted by Gasteiger charge is 2.35. The molecule has 0 bridgehead atoms. The predicted octanol–water partition coefficient (Wildman–Crippen LogP) is 1.94. The van der Waals surface area contributed by atoms with Crippen LogP contribution in [0.4, 0.5) is 0 Å². The molecule has 4 nitrogen and oxygen atoms in total. The number of carbonyl (C=O) groups excluding carboxylic acids is 2. The maximum Gasteiger partial charge on any atom is 0.245 e. The van der Waals surface area contributed by atoms with Crippen molar-refractivity contribution in [2.24, 2.45) is 5.92 Å². The number of hydrogen-bond donors (Lipinski definition) is 1. The van der Waals surface area contributed by atoms with Crippen LogP contribution in [0.25, 0.3) is 0 Å². The Labute approximate surface area is 110 Å². The van der Waals surface area contributed by atoms with Gasteiger partial charge in [-0.2, -0.15) is 0 Å². The molecule has 1 heterocycles. The van der Waals surface area contributed by atoms with Crippen molar-refractivity contribution in [3.05, 3.63) is 0 Å². The van der Waals surface area contributed by atoms with Crippen LogP contribution in [0.15, 0.2) is 0 Å². The highest BCUT2D eigenvalue weighted by atomic mass is 16.2. The third kappa shape index (κ3) is 3.47. The number of nitrogens with zero attached hydrogens (tertiary/aromatic N) is 1. The van der Waals surface area contributed by atoms with Gasteiger partial charge in [0.25, 0.3) is 0 Å². The maximum absolute atomic E-state index is 12.5. The number of rotatable bonds is 5. The van der Waals surface area contributed by atoms with E-state index in [-0.39, 0.29) is 29.8 Å². The maximum atomic E-state index is 12.5. The Morgan fingerprint density at radius 3 is 2.61 bits per heavy atom. The zero-order valence-corrected chi connectivity index (χ0v) is 12.0. The fraction of sp³-hybridized carbons (Fsp3) is 0.857. The van der Waals surface area contributed by atoms with Crippen molar-refractivity contribution in [2.45, 2.75) is 65.5 Å². The molecule has 0 saturated carbocycles. The summed E-state index contributed by atoms with van der Waals surface area (Å²) in [5, 5.41) is 2.89. The van der Waals surface area contributed by atoms with Gasteiger partial charge in [0.15, 0.2) is 0 Å². The summed E-state index contributed by atoms with van der Waals surface area (Å²) < 4.78 is 0. The van der Waals surface area contributed by atoms with Gasteiger partial charge in [0.1, 0.15) is 6.04 Å². The second-order valence-electron chi connectivity index (χ2n) is 5.37. The number of carbonyl (C=O) groups is 2. The Bertz CT molecular complexity index is 304. The molecule has 18 heavy (non-hydrogen) atoms. The van der Waals surface area contributed by atoms with Crippen LogP contribution >= 0.6 is 0 Å². The molecule has 1 saturated heterocycles. The molecule has 104 valence electrons. The van der Waals surface area contributed by atoms with Crippen molar-refractivity contribution in [3.8, 4) is 0 Å². The first-order chi connectivity index (χ1) is 8.51. The van der Waals surface area contributed by atoms with Crippen molar-refractivity contribution < 1.29 is 9.59 Å². The molecular weight excluding hydrogens is 228 g/mol. The largest absolute Gasteiger partial charge is 0.344 e. The quantitative estimate of drug-likeness (QED) is 0.815.